The third-order valence-corrected chi connectivity index (χ3v) is 5.44. The Labute approximate surface area is 179 Å². The predicted molar refractivity (Wildman–Crippen MR) is 116 cm³/mol. The van der Waals surface area contributed by atoms with Crippen molar-refractivity contribution >= 4 is 11.7 Å². The lowest BCUT2D eigenvalue weighted by Gasteiger charge is -2.33. The summed E-state index contributed by atoms with van der Waals surface area (Å²) in [5, 5.41) is 8.71. The third-order valence-electron chi connectivity index (χ3n) is 5.44. The molecule has 9 heteroatoms. The number of carbonyl (C=O) groups excluding carboxylic acids is 1. The van der Waals surface area contributed by atoms with Gasteiger partial charge in [0.25, 0.3) is 5.91 Å². The van der Waals surface area contributed by atoms with Crippen molar-refractivity contribution in [1.29, 1.82) is 0 Å². The summed E-state index contributed by atoms with van der Waals surface area (Å²) in [5.41, 5.74) is 2.05. The molecule has 0 saturated carbocycles. The summed E-state index contributed by atoms with van der Waals surface area (Å²) in [5.74, 6) is 0.0528. The number of nitrogens with zero attached hydrogens (tertiary/aromatic N) is 4. The van der Waals surface area contributed by atoms with Gasteiger partial charge in [-0.15, -0.1) is 0 Å². The highest BCUT2D eigenvalue weighted by molar-refractivity contribution is 5.95. The van der Waals surface area contributed by atoms with Crippen molar-refractivity contribution < 1.29 is 14.4 Å². The van der Waals surface area contributed by atoms with Crippen molar-refractivity contribution in [3.63, 3.8) is 0 Å². The van der Waals surface area contributed by atoms with Crippen LogP contribution in [0.5, 0.6) is 0 Å². The minimum Gasteiger partial charge on any atom is -0.360 e. The molecule has 1 fully saturated rings. The van der Waals surface area contributed by atoms with E-state index in [4.69, 9.17) is 5.21 Å². The largest absolute Gasteiger partial charge is 0.360 e. The number of imidazole rings is 1. The van der Waals surface area contributed by atoms with Crippen molar-refractivity contribution in [2.75, 3.05) is 13.1 Å². The normalized spacial score (nSPS) is 15.8. The van der Waals surface area contributed by atoms with Crippen LogP contribution in [0.4, 0.5) is 4.39 Å². The number of hydrogen-bond acceptors (Lipinski definition) is 4. The molecule has 1 aliphatic rings. The van der Waals surface area contributed by atoms with E-state index in [2.05, 4.69) is 16.5 Å². The lowest BCUT2D eigenvalue weighted by molar-refractivity contribution is -0.124. The summed E-state index contributed by atoms with van der Waals surface area (Å²) in [6.45, 7) is 7.55. The molecule has 31 heavy (non-hydrogen) atoms. The molecule has 1 amide bonds. The maximum Gasteiger partial charge on any atom is 0.332 e. The lowest BCUT2D eigenvalue weighted by Crippen LogP contribution is -2.39. The minimum absolute atomic E-state index is 0.166. The van der Waals surface area contributed by atoms with Gasteiger partial charge in [0.1, 0.15) is 11.7 Å². The van der Waals surface area contributed by atoms with E-state index in [1.165, 1.54) is 29.0 Å². The van der Waals surface area contributed by atoms with Crippen LogP contribution in [0, 0.1) is 11.7 Å². The number of halogens is 1. The molecule has 0 aliphatic carbocycles. The van der Waals surface area contributed by atoms with Crippen LogP contribution in [0.25, 0.3) is 5.69 Å². The monoisotopic (exact) mass is 427 g/mol. The van der Waals surface area contributed by atoms with Gasteiger partial charge in [0.2, 0.25) is 0 Å². The van der Waals surface area contributed by atoms with E-state index in [0.29, 0.717) is 18.2 Å². The molecule has 0 radical (unpaired) electrons. The van der Waals surface area contributed by atoms with E-state index < -0.39 is 5.91 Å². The molecule has 0 atom stereocenters. The fraction of sp³-hybridized carbons (Fsp3) is 0.318. The summed E-state index contributed by atoms with van der Waals surface area (Å²) in [7, 11) is 0. The maximum absolute atomic E-state index is 13.5. The Morgan fingerprint density at radius 2 is 2.10 bits per heavy atom. The van der Waals surface area contributed by atoms with Crippen LogP contribution in [0.1, 0.15) is 19.8 Å². The zero-order valence-corrected chi connectivity index (χ0v) is 17.4. The smallest absolute Gasteiger partial charge is 0.332 e. The Balaban J connectivity index is 1.60. The van der Waals surface area contributed by atoms with E-state index in [-0.39, 0.29) is 17.1 Å². The zero-order chi connectivity index (χ0) is 22.4. The minimum atomic E-state index is -0.666. The first kappa shape index (κ1) is 22.2. The number of amides is 1. The van der Waals surface area contributed by atoms with Gasteiger partial charge in [-0.1, -0.05) is 18.7 Å². The standard InChI is InChI=1S/C22H26FN5O3/c1-3-18(21(29)25-31)14-24-16(2)26-9-7-17(8-10-26)15-27-11-12-28(22(27)30)20-6-4-5-19(23)13-20/h3-6,11-14,17,31H,1,7-10,15H2,2H3,(H,25,29)/b18-14+,24-16?. The van der Waals surface area contributed by atoms with Crippen molar-refractivity contribution in [2.45, 2.75) is 26.3 Å². The number of hydrogen-bond donors (Lipinski definition) is 2. The number of aliphatic imine (C=N–C) groups is 1. The molecule has 2 N–H and O–H groups in total. The Hall–Kier alpha value is -3.46. The highest BCUT2D eigenvalue weighted by atomic mass is 19.1. The number of carbonyl (C=O) groups is 1. The molecule has 1 aromatic heterocycles. The summed E-state index contributed by atoms with van der Waals surface area (Å²) in [6.07, 6.45) is 7.87. The Morgan fingerprint density at radius 1 is 1.35 bits per heavy atom. The number of likely N-dealkylation sites (tertiary alicyclic amines) is 1. The molecule has 8 nitrogen and oxygen atoms in total. The topological polar surface area (TPSA) is 91.9 Å². The highest BCUT2D eigenvalue weighted by Gasteiger charge is 2.21. The second kappa shape index (κ2) is 10.0. The summed E-state index contributed by atoms with van der Waals surface area (Å²) >= 11 is 0. The molecule has 1 saturated heterocycles. The SMILES string of the molecule is C=C/C(=C\N=C(C)N1CCC(Cn2ccn(-c3cccc(F)c3)c2=O)CC1)C(=O)NO. The van der Waals surface area contributed by atoms with Crippen molar-refractivity contribution in [3.8, 4) is 5.69 Å². The number of hydroxylamine groups is 1. The highest BCUT2D eigenvalue weighted by Crippen LogP contribution is 2.19. The van der Waals surface area contributed by atoms with E-state index in [9.17, 15) is 14.0 Å². The molecule has 0 unspecified atom stereocenters. The van der Waals surface area contributed by atoms with E-state index >= 15 is 0 Å². The van der Waals surface area contributed by atoms with E-state index in [1.54, 1.807) is 34.6 Å². The first-order valence-electron chi connectivity index (χ1n) is 10.0. The van der Waals surface area contributed by atoms with Crippen molar-refractivity contribution in [3.05, 3.63) is 77.4 Å². The van der Waals surface area contributed by atoms with E-state index in [1.807, 2.05) is 6.92 Å². The van der Waals surface area contributed by atoms with Crippen LogP contribution in [0.15, 0.2) is 70.9 Å². The second-order valence-electron chi connectivity index (χ2n) is 7.42. The Bertz CT molecular complexity index is 1060. The quantitative estimate of drug-likeness (QED) is 0.185. The van der Waals surface area contributed by atoms with Gasteiger partial charge in [-0.25, -0.2) is 19.7 Å². The maximum atomic E-state index is 13.5. The number of amidine groups is 1. The van der Waals surface area contributed by atoms with Gasteiger partial charge >= 0.3 is 5.69 Å². The van der Waals surface area contributed by atoms with Crippen LogP contribution in [-0.4, -0.2) is 44.1 Å². The average molecular weight is 427 g/mol. The van der Waals surface area contributed by atoms with Gasteiger partial charge in [-0.3, -0.25) is 19.1 Å². The molecular formula is C22H26FN5O3. The molecule has 0 spiro atoms. The number of nitrogens with one attached hydrogen (secondary N) is 1. The Morgan fingerprint density at radius 3 is 2.74 bits per heavy atom. The number of benzene rings is 1. The first-order chi connectivity index (χ1) is 14.9. The average Bonchev–Trinajstić information content (AvgIpc) is 3.14. The van der Waals surface area contributed by atoms with Gasteiger partial charge < -0.3 is 4.90 Å². The predicted octanol–water partition coefficient (Wildman–Crippen LogP) is 2.48. The summed E-state index contributed by atoms with van der Waals surface area (Å²) in [4.78, 5) is 30.6. The molecule has 3 rings (SSSR count). The molecule has 2 heterocycles. The van der Waals surface area contributed by atoms with Crippen LogP contribution in [-0.2, 0) is 11.3 Å². The van der Waals surface area contributed by atoms with Crippen molar-refractivity contribution in [1.82, 2.24) is 19.5 Å². The zero-order valence-electron chi connectivity index (χ0n) is 17.4. The molecule has 164 valence electrons. The van der Waals surface area contributed by atoms with Gasteiger partial charge in [-0.05, 0) is 43.9 Å². The number of rotatable bonds is 6. The van der Waals surface area contributed by atoms with Gasteiger partial charge in [0.15, 0.2) is 0 Å². The first-order valence-corrected chi connectivity index (χ1v) is 10.0. The lowest BCUT2D eigenvalue weighted by atomic mass is 9.96. The third kappa shape index (κ3) is 5.37. The summed E-state index contributed by atoms with van der Waals surface area (Å²) < 4.78 is 16.6. The van der Waals surface area contributed by atoms with Crippen LogP contribution in [0.2, 0.25) is 0 Å². The fourth-order valence-corrected chi connectivity index (χ4v) is 3.60. The van der Waals surface area contributed by atoms with Crippen LogP contribution < -0.4 is 11.2 Å². The van der Waals surface area contributed by atoms with E-state index in [0.717, 1.165) is 31.8 Å². The molecule has 2 aromatic rings. The van der Waals surface area contributed by atoms with Crippen LogP contribution >= 0.6 is 0 Å². The fourth-order valence-electron chi connectivity index (χ4n) is 3.60. The molecular weight excluding hydrogens is 401 g/mol. The molecule has 1 aliphatic heterocycles. The molecule has 1 aromatic carbocycles. The Kier molecular flexibility index (Phi) is 7.19. The second-order valence-corrected chi connectivity index (χ2v) is 7.42. The summed E-state index contributed by atoms with van der Waals surface area (Å²) in [6, 6.07) is 5.96. The van der Waals surface area contributed by atoms with Crippen molar-refractivity contribution in [2.24, 2.45) is 10.9 Å². The van der Waals surface area contributed by atoms with Crippen LogP contribution in [0.3, 0.4) is 0 Å². The number of aromatic nitrogens is 2. The molecule has 0 bridgehead atoms. The van der Waals surface area contributed by atoms with Gasteiger partial charge in [0, 0.05) is 38.2 Å². The number of piperidine rings is 1. The van der Waals surface area contributed by atoms with Gasteiger partial charge in [-0.2, -0.15) is 0 Å². The van der Waals surface area contributed by atoms with Gasteiger partial charge in [0.05, 0.1) is 11.3 Å².